The Morgan fingerprint density at radius 1 is 1.17 bits per heavy atom. The lowest BCUT2D eigenvalue weighted by molar-refractivity contribution is 0.0958. The van der Waals surface area contributed by atoms with Gasteiger partial charge in [-0.3, -0.25) is 4.79 Å². The van der Waals surface area contributed by atoms with Crippen molar-refractivity contribution in [2.45, 2.75) is 0 Å². The van der Waals surface area contributed by atoms with Gasteiger partial charge in [-0.2, -0.15) is 0 Å². The summed E-state index contributed by atoms with van der Waals surface area (Å²) in [7, 11) is 0. The van der Waals surface area contributed by atoms with Crippen LogP contribution in [0.2, 0.25) is 5.02 Å². The number of benzene rings is 2. The largest absolute Gasteiger partial charge is 0.481 e. The topological polar surface area (TPSA) is 56.8 Å². The Morgan fingerprint density at radius 2 is 2.04 bits per heavy atom. The molecule has 1 aliphatic heterocycles. The van der Waals surface area contributed by atoms with Gasteiger partial charge in [-0.25, -0.2) is 0 Å². The highest BCUT2D eigenvalue weighted by atomic mass is 35.5. The van der Waals surface area contributed by atoms with Crippen LogP contribution in [0.3, 0.4) is 0 Å². The fourth-order valence-electron chi connectivity index (χ4n) is 2.06. The lowest BCUT2D eigenvalue weighted by Gasteiger charge is -2.03. The minimum atomic E-state index is -0.219. The first-order valence-corrected chi connectivity index (χ1v) is 7.62. The quantitative estimate of drug-likeness (QED) is 0.867. The number of carbonyl (C=O) groups excluding carboxylic acids is 1. The Bertz CT molecular complexity index is 810. The maximum atomic E-state index is 11.9. The summed E-state index contributed by atoms with van der Waals surface area (Å²) < 4.78 is 16.0. The molecule has 0 saturated carbocycles. The summed E-state index contributed by atoms with van der Waals surface area (Å²) in [5.74, 6) is 7.46. The fourth-order valence-corrected chi connectivity index (χ4v) is 2.25. The molecule has 0 aromatic heterocycles. The Morgan fingerprint density at radius 3 is 2.92 bits per heavy atom. The van der Waals surface area contributed by atoms with Crippen LogP contribution in [0, 0.1) is 11.8 Å². The van der Waals surface area contributed by atoms with Crippen LogP contribution >= 0.6 is 11.6 Å². The molecule has 2 aromatic rings. The third-order valence-electron chi connectivity index (χ3n) is 3.20. The van der Waals surface area contributed by atoms with Gasteiger partial charge < -0.3 is 19.5 Å². The van der Waals surface area contributed by atoms with E-state index in [0.717, 1.165) is 0 Å². The maximum absolute atomic E-state index is 11.9. The number of rotatable bonds is 4. The second-order valence-electron chi connectivity index (χ2n) is 4.85. The molecule has 0 unspecified atom stereocenters. The normalized spacial score (nSPS) is 11.4. The fraction of sp³-hybridized carbons (Fsp3) is 0.167. The summed E-state index contributed by atoms with van der Waals surface area (Å²) in [4.78, 5) is 11.9. The minimum Gasteiger partial charge on any atom is -0.481 e. The molecule has 0 atom stereocenters. The molecule has 2 aromatic carbocycles. The Labute approximate surface area is 144 Å². The number of hydrogen-bond acceptors (Lipinski definition) is 4. The van der Waals surface area contributed by atoms with Gasteiger partial charge in [0.25, 0.3) is 5.91 Å². The van der Waals surface area contributed by atoms with E-state index in [1.165, 1.54) is 0 Å². The Balaban J connectivity index is 1.43. The van der Waals surface area contributed by atoms with E-state index in [4.69, 9.17) is 25.8 Å². The second kappa shape index (κ2) is 7.62. The molecule has 0 fully saturated rings. The third kappa shape index (κ3) is 4.12. The van der Waals surface area contributed by atoms with Crippen LogP contribution in [0.5, 0.6) is 17.2 Å². The molecule has 0 aliphatic carbocycles. The van der Waals surface area contributed by atoms with Gasteiger partial charge >= 0.3 is 0 Å². The maximum Gasteiger partial charge on any atom is 0.252 e. The summed E-state index contributed by atoms with van der Waals surface area (Å²) in [5.41, 5.74) is 0.501. The minimum absolute atomic E-state index is 0.215. The lowest BCUT2D eigenvalue weighted by Crippen LogP contribution is -2.23. The van der Waals surface area contributed by atoms with Crippen molar-refractivity contribution in [3.05, 3.63) is 53.1 Å². The molecular weight excluding hydrogens is 330 g/mol. The summed E-state index contributed by atoms with van der Waals surface area (Å²) in [6.07, 6.45) is 0. The van der Waals surface area contributed by atoms with Crippen molar-refractivity contribution in [1.29, 1.82) is 0 Å². The van der Waals surface area contributed by atoms with Gasteiger partial charge in [-0.15, -0.1) is 0 Å². The number of carbonyl (C=O) groups is 1. The third-order valence-corrected chi connectivity index (χ3v) is 3.44. The van der Waals surface area contributed by atoms with E-state index in [1.54, 1.807) is 42.5 Å². The van der Waals surface area contributed by atoms with E-state index in [0.29, 0.717) is 27.8 Å². The van der Waals surface area contributed by atoms with Crippen molar-refractivity contribution in [1.82, 2.24) is 5.32 Å². The highest BCUT2D eigenvalue weighted by molar-refractivity contribution is 6.30. The molecule has 1 amide bonds. The Hall–Kier alpha value is -2.84. The SMILES string of the molecule is O=C(NCC#CCOc1ccc2c(c1)OCO2)c1cccc(Cl)c1. The molecule has 0 saturated heterocycles. The van der Waals surface area contributed by atoms with E-state index in [1.807, 2.05) is 0 Å². The molecule has 0 radical (unpaired) electrons. The molecular formula is C18H14ClNO4. The highest BCUT2D eigenvalue weighted by Gasteiger charge is 2.13. The first kappa shape index (κ1) is 16.0. The van der Waals surface area contributed by atoms with E-state index >= 15 is 0 Å². The van der Waals surface area contributed by atoms with Crippen molar-refractivity contribution >= 4 is 17.5 Å². The average Bonchev–Trinajstić information content (AvgIpc) is 3.05. The van der Waals surface area contributed by atoms with Gasteiger partial charge in [-0.1, -0.05) is 29.5 Å². The summed E-state index contributed by atoms with van der Waals surface area (Å²) in [5, 5.41) is 3.21. The van der Waals surface area contributed by atoms with Crippen LogP contribution in [-0.2, 0) is 0 Å². The van der Waals surface area contributed by atoms with Crippen molar-refractivity contribution in [3.8, 4) is 29.1 Å². The number of halogens is 1. The smallest absolute Gasteiger partial charge is 0.252 e. The van der Waals surface area contributed by atoms with Crippen LogP contribution in [0.4, 0.5) is 0 Å². The molecule has 5 nitrogen and oxygen atoms in total. The molecule has 122 valence electrons. The second-order valence-corrected chi connectivity index (χ2v) is 5.29. The van der Waals surface area contributed by atoms with Gasteiger partial charge in [0.1, 0.15) is 12.4 Å². The molecule has 1 N–H and O–H groups in total. The molecule has 0 spiro atoms. The van der Waals surface area contributed by atoms with Gasteiger partial charge in [0.05, 0.1) is 6.54 Å². The molecule has 1 heterocycles. The van der Waals surface area contributed by atoms with Crippen LogP contribution < -0.4 is 19.5 Å². The molecule has 24 heavy (non-hydrogen) atoms. The number of nitrogens with one attached hydrogen (secondary N) is 1. The zero-order valence-corrected chi connectivity index (χ0v) is 13.4. The molecule has 1 aliphatic rings. The van der Waals surface area contributed by atoms with Crippen LogP contribution in [-0.4, -0.2) is 25.9 Å². The molecule has 0 bridgehead atoms. The number of amides is 1. The Kier molecular flexibility index (Phi) is 5.09. The summed E-state index contributed by atoms with van der Waals surface area (Å²) >= 11 is 5.84. The van der Waals surface area contributed by atoms with Gasteiger partial charge in [-0.05, 0) is 30.3 Å². The van der Waals surface area contributed by atoms with Crippen molar-refractivity contribution in [3.63, 3.8) is 0 Å². The van der Waals surface area contributed by atoms with E-state index in [9.17, 15) is 4.79 Å². The van der Waals surface area contributed by atoms with E-state index in [2.05, 4.69) is 17.2 Å². The number of fused-ring (bicyclic) bond motifs is 1. The van der Waals surface area contributed by atoms with Crippen molar-refractivity contribution in [2.24, 2.45) is 0 Å². The summed E-state index contributed by atoms with van der Waals surface area (Å²) in [6.45, 7) is 0.674. The van der Waals surface area contributed by atoms with Crippen molar-refractivity contribution < 1.29 is 19.0 Å². The van der Waals surface area contributed by atoms with Crippen LogP contribution in [0.1, 0.15) is 10.4 Å². The van der Waals surface area contributed by atoms with Gasteiger partial charge in [0.2, 0.25) is 6.79 Å². The van der Waals surface area contributed by atoms with Crippen LogP contribution in [0.15, 0.2) is 42.5 Å². The molecule has 3 rings (SSSR count). The lowest BCUT2D eigenvalue weighted by atomic mass is 10.2. The number of hydrogen-bond donors (Lipinski definition) is 1. The first-order chi connectivity index (χ1) is 11.7. The molecule has 6 heteroatoms. The number of ether oxygens (including phenoxy) is 3. The average molecular weight is 344 g/mol. The predicted molar refractivity (Wildman–Crippen MR) is 89.6 cm³/mol. The monoisotopic (exact) mass is 343 g/mol. The van der Waals surface area contributed by atoms with Crippen LogP contribution in [0.25, 0.3) is 0 Å². The first-order valence-electron chi connectivity index (χ1n) is 7.24. The van der Waals surface area contributed by atoms with E-state index < -0.39 is 0 Å². The van der Waals surface area contributed by atoms with Gasteiger partial charge in [0, 0.05) is 16.7 Å². The highest BCUT2D eigenvalue weighted by Crippen LogP contribution is 2.34. The van der Waals surface area contributed by atoms with E-state index in [-0.39, 0.29) is 25.9 Å². The zero-order chi connectivity index (χ0) is 16.8. The zero-order valence-electron chi connectivity index (χ0n) is 12.7. The standard InChI is InChI=1S/C18H14ClNO4/c19-14-5-3-4-13(10-14)18(21)20-8-1-2-9-22-15-6-7-16-17(11-15)24-12-23-16/h3-7,10-11H,8-9,12H2,(H,20,21). The predicted octanol–water partition coefficient (Wildman–Crippen LogP) is 2.88. The van der Waals surface area contributed by atoms with Crippen molar-refractivity contribution in [2.75, 3.05) is 19.9 Å². The van der Waals surface area contributed by atoms with Gasteiger partial charge in [0.15, 0.2) is 11.5 Å². The summed E-state index contributed by atoms with van der Waals surface area (Å²) in [6, 6.07) is 12.1.